The molecule has 0 bridgehead atoms. The summed E-state index contributed by atoms with van der Waals surface area (Å²) in [7, 11) is 0. The van der Waals surface area contributed by atoms with Gasteiger partial charge < -0.3 is 5.32 Å². The minimum absolute atomic E-state index is 0.00145. The fourth-order valence-corrected chi connectivity index (χ4v) is 2.07. The quantitative estimate of drug-likeness (QED) is 0.801. The molecule has 2 nitrogen and oxygen atoms in total. The molecule has 21 heavy (non-hydrogen) atoms. The van der Waals surface area contributed by atoms with E-state index in [0.717, 1.165) is 22.4 Å². The summed E-state index contributed by atoms with van der Waals surface area (Å²) in [5.41, 5.74) is 3.58. The van der Waals surface area contributed by atoms with Gasteiger partial charge in [0.15, 0.2) is 0 Å². The number of amides is 1. The zero-order chi connectivity index (χ0) is 15.6. The van der Waals surface area contributed by atoms with Crippen molar-refractivity contribution in [3.05, 3.63) is 53.1 Å². The van der Waals surface area contributed by atoms with Gasteiger partial charge in [-0.05, 0) is 36.8 Å². The number of anilines is 1. The molecule has 0 saturated carbocycles. The van der Waals surface area contributed by atoms with E-state index in [2.05, 4.69) is 11.4 Å². The first-order chi connectivity index (χ1) is 9.77. The summed E-state index contributed by atoms with van der Waals surface area (Å²) in [4.78, 5) is 12.2. The number of rotatable bonds is 2. The van der Waals surface area contributed by atoms with Crippen molar-refractivity contribution in [1.29, 1.82) is 0 Å². The maximum absolute atomic E-state index is 12.2. The van der Waals surface area contributed by atoms with Crippen molar-refractivity contribution >= 4 is 23.2 Å². The number of nitrogens with one attached hydrogen (secondary N) is 1. The first-order valence-electron chi connectivity index (χ1n) is 6.95. The standard InChI is InChI=1S/C18H20ClNO/c1-12-5-10-16(20-17(21)18(2,3)4)15(11-12)13-6-8-14(19)9-7-13/h5-11H,1-4H3,(H,20,21). The minimum atomic E-state index is -0.428. The van der Waals surface area contributed by atoms with Gasteiger partial charge in [0.2, 0.25) is 5.91 Å². The van der Waals surface area contributed by atoms with Crippen molar-refractivity contribution in [3.63, 3.8) is 0 Å². The largest absolute Gasteiger partial charge is 0.325 e. The van der Waals surface area contributed by atoms with Gasteiger partial charge in [0.05, 0.1) is 0 Å². The van der Waals surface area contributed by atoms with Gasteiger partial charge >= 0.3 is 0 Å². The number of carbonyl (C=O) groups is 1. The topological polar surface area (TPSA) is 29.1 Å². The van der Waals surface area contributed by atoms with Crippen molar-refractivity contribution in [3.8, 4) is 11.1 Å². The Labute approximate surface area is 131 Å². The zero-order valence-corrected chi connectivity index (χ0v) is 13.6. The summed E-state index contributed by atoms with van der Waals surface area (Å²) < 4.78 is 0. The molecule has 1 amide bonds. The summed E-state index contributed by atoms with van der Waals surface area (Å²) in [6, 6.07) is 13.7. The lowest BCUT2D eigenvalue weighted by atomic mass is 9.94. The lowest BCUT2D eigenvalue weighted by Gasteiger charge is -2.20. The Balaban J connectivity index is 2.43. The highest BCUT2D eigenvalue weighted by atomic mass is 35.5. The molecule has 0 fully saturated rings. The third kappa shape index (κ3) is 3.85. The summed E-state index contributed by atoms with van der Waals surface area (Å²) >= 11 is 5.94. The fourth-order valence-electron chi connectivity index (χ4n) is 1.95. The average Bonchev–Trinajstić information content (AvgIpc) is 2.40. The van der Waals surface area contributed by atoms with E-state index in [4.69, 9.17) is 11.6 Å². The maximum atomic E-state index is 12.2. The van der Waals surface area contributed by atoms with Crippen molar-refractivity contribution < 1.29 is 4.79 Å². The highest BCUT2D eigenvalue weighted by Crippen LogP contribution is 2.31. The normalized spacial score (nSPS) is 11.3. The Morgan fingerprint density at radius 2 is 1.67 bits per heavy atom. The molecular formula is C18H20ClNO. The van der Waals surface area contributed by atoms with Crippen LogP contribution in [0, 0.1) is 12.3 Å². The first kappa shape index (κ1) is 15.6. The molecule has 1 N–H and O–H groups in total. The number of halogens is 1. The van der Waals surface area contributed by atoms with E-state index < -0.39 is 5.41 Å². The van der Waals surface area contributed by atoms with Gasteiger partial charge in [0, 0.05) is 21.7 Å². The molecule has 110 valence electrons. The van der Waals surface area contributed by atoms with Crippen LogP contribution in [0.3, 0.4) is 0 Å². The average molecular weight is 302 g/mol. The molecule has 2 aromatic rings. The van der Waals surface area contributed by atoms with E-state index >= 15 is 0 Å². The summed E-state index contributed by atoms with van der Waals surface area (Å²) in [6.45, 7) is 7.74. The number of hydrogen-bond acceptors (Lipinski definition) is 1. The predicted molar refractivity (Wildman–Crippen MR) is 89.7 cm³/mol. The van der Waals surface area contributed by atoms with E-state index in [1.54, 1.807) is 0 Å². The lowest BCUT2D eigenvalue weighted by molar-refractivity contribution is -0.123. The smallest absolute Gasteiger partial charge is 0.229 e. The van der Waals surface area contributed by atoms with Crippen LogP contribution in [0.1, 0.15) is 26.3 Å². The Hall–Kier alpha value is -1.80. The van der Waals surface area contributed by atoms with Gasteiger partial charge in [0.25, 0.3) is 0 Å². The zero-order valence-electron chi connectivity index (χ0n) is 12.8. The van der Waals surface area contributed by atoms with E-state index in [9.17, 15) is 4.79 Å². The van der Waals surface area contributed by atoms with Crippen LogP contribution in [0.25, 0.3) is 11.1 Å². The van der Waals surface area contributed by atoms with Crippen LogP contribution >= 0.6 is 11.6 Å². The Bertz CT molecular complexity index is 654. The third-order valence-electron chi connectivity index (χ3n) is 3.26. The van der Waals surface area contributed by atoms with Crippen molar-refractivity contribution in [2.75, 3.05) is 5.32 Å². The highest BCUT2D eigenvalue weighted by molar-refractivity contribution is 6.30. The van der Waals surface area contributed by atoms with Crippen LogP contribution < -0.4 is 5.32 Å². The molecule has 0 aromatic heterocycles. The first-order valence-corrected chi connectivity index (χ1v) is 7.33. The van der Waals surface area contributed by atoms with E-state index in [-0.39, 0.29) is 5.91 Å². The monoisotopic (exact) mass is 301 g/mol. The van der Waals surface area contributed by atoms with Gasteiger partial charge in [0.1, 0.15) is 0 Å². The third-order valence-corrected chi connectivity index (χ3v) is 3.51. The Kier molecular flexibility index (Phi) is 4.38. The molecule has 0 aliphatic rings. The number of carbonyl (C=O) groups excluding carboxylic acids is 1. The molecule has 3 heteroatoms. The summed E-state index contributed by atoms with van der Waals surface area (Å²) in [5.74, 6) is 0.00145. The van der Waals surface area contributed by atoms with Crippen molar-refractivity contribution in [2.24, 2.45) is 5.41 Å². The maximum Gasteiger partial charge on any atom is 0.229 e. The van der Waals surface area contributed by atoms with Gasteiger partial charge in [-0.1, -0.05) is 56.1 Å². The number of aryl methyl sites for hydroxylation is 1. The van der Waals surface area contributed by atoms with Crippen LogP contribution in [0.15, 0.2) is 42.5 Å². The Morgan fingerprint density at radius 3 is 2.24 bits per heavy atom. The van der Waals surface area contributed by atoms with Gasteiger partial charge in [-0.2, -0.15) is 0 Å². The SMILES string of the molecule is Cc1ccc(NC(=O)C(C)(C)C)c(-c2ccc(Cl)cc2)c1. The molecule has 0 aliphatic carbocycles. The molecular weight excluding hydrogens is 282 g/mol. The second-order valence-corrected chi connectivity index (χ2v) is 6.70. The predicted octanol–water partition coefficient (Wildman–Crippen LogP) is 5.30. The minimum Gasteiger partial charge on any atom is -0.325 e. The van der Waals surface area contributed by atoms with E-state index in [1.807, 2.05) is 64.1 Å². The summed E-state index contributed by atoms with van der Waals surface area (Å²) in [6.07, 6.45) is 0. The highest BCUT2D eigenvalue weighted by Gasteiger charge is 2.22. The van der Waals surface area contributed by atoms with Crippen LogP contribution in [0.2, 0.25) is 5.02 Å². The second kappa shape index (κ2) is 5.90. The van der Waals surface area contributed by atoms with Crippen molar-refractivity contribution in [1.82, 2.24) is 0 Å². The van der Waals surface area contributed by atoms with Crippen molar-refractivity contribution in [2.45, 2.75) is 27.7 Å². The van der Waals surface area contributed by atoms with Crippen LogP contribution in [-0.2, 0) is 4.79 Å². The van der Waals surface area contributed by atoms with Crippen LogP contribution in [0.5, 0.6) is 0 Å². The van der Waals surface area contributed by atoms with Gasteiger partial charge in [-0.15, -0.1) is 0 Å². The molecule has 0 heterocycles. The van der Waals surface area contributed by atoms with E-state index in [1.165, 1.54) is 0 Å². The molecule has 0 unspecified atom stereocenters. The molecule has 0 aliphatic heterocycles. The molecule has 0 atom stereocenters. The van der Waals surface area contributed by atoms with Gasteiger partial charge in [-0.3, -0.25) is 4.79 Å². The fraction of sp³-hybridized carbons (Fsp3) is 0.278. The summed E-state index contributed by atoms with van der Waals surface area (Å²) in [5, 5.41) is 3.72. The Morgan fingerprint density at radius 1 is 1.05 bits per heavy atom. The van der Waals surface area contributed by atoms with Crippen LogP contribution in [0.4, 0.5) is 5.69 Å². The van der Waals surface area contributed by atoms with Gasteiger partial charge in [-0.25, -0.2) is 0 Å². The number of benzene rings is 2. The molecule has 0 radical (unpaired) electrons. The molecule has 2 rings (SSSR count). The van der Waals surface area contributed by atoms with E-state index in [0.29, 0.717) is 5.02 Å². The molecule has 0 saturated heterocycles. The molecule has 0 spiro atoms. The molecule has 2 aromatic carbocycles. The second-order valence-electron chi connectivity index (χ2n) is 6.26. The number of hydrogen-bond donors (Lipinski definition) is 1. The van der Waals surface area contributed by atoms with Crippen LogP contribution in [-0.4, -0.2) is 5.91 Å². The lowest BCUT2D eigenvalue weighted by Crippen LogP contribution is -2.27.